The molecule has 0 saturated carbocycles. The van der Waals surface area contributed by atoms with Crippen LogP contribution in [0.25, 0.3) is 0 Å². The van der Waals surface area contributed by atoms with Crippen LogP contribution in [-0.2, 0) is 32.0 Å². The maximum atomic E-state index is 11.8. The number of rotatable bonds is 10. The number of hydrogen-bond acceptors (Lipinski definition) is 13. The maximum absolute atomic E-state index is 11.8. The van der Waals surface area contributed by atoms with E-state index in [-0.39, 0.29) is 5.33 Å². The molecule has 6 atom stereocenters. The molecule has 0 bridgehead atoms. The maximum Gasteiger partial charge on any atom is 0.330 e. The van der Waals surface area contributed by atoms with Crippen LogP contribution in [0.5, 0.6) is 0 Å². The average Bonchev–Trinajstić information content (AvgIpc) is 2.92. The van der Waals surface area contributed by atoms with Gasteiger partial charge in [-0.3, -0.25) is 28.3 Å². The summed E-state index contributed by atoms with van der Waals surface area (Å²) >= 11 is 2.75. The van der Waals surface area contributed by atoms with Crippen LogP contribution in [0, 0.1) is 0 Å². The van der Waals surface area contributed by atoms with Gasteiger partial charge in [-0.25, -0.2) is 9.11 Å². The van der Waals surface area contributed by atoms with E-state index < -0.39 is 70.4 Å². The number of alkyl halides is 1. The smallest absolute Gasteiger partial charge is 0.330 e. The molecule has 1 aromatic heterocycles. The van der Waals surface area contributed by atoms with Gasteiger partial charge >= 0.3 is 5.69 Å². The van der Waals surface area contributed by atoms with E-state index in [0.717, 1.165) is 16.8 Å². The van der Waals surface area contributed by atoms with E-state index in [1.54, 1.807) is 0 Å². The molecule has 2 unspecified atom stereocenters. The van der Waals surface area contributed by atoms with Crippen LogP contribution in [0.15, 0.2) is 21.9 Å². The zero-order valence-electron chi connectivity index (χ0n) is 14.7. The van der Waals surface area contributed by atoms with Gasteiger partial charge in [-0.1, -0.05) is 15.9 Å². The van der Waals surface area contributed by atoms with Crippen LogP contribution in [0.4, 0.5) is 0 Å². The van der Waals surface area contributed by atoms with Crippen molar-refractivity contribution in [3.05, 3.63) is 33.1 Å². The van der Waals surface area contributed by atoms with Gasteiger partial charge in [0, 0.05) is 12.3 Å². The van der Waals surface area contributed by atoms with Gasteiger partial charge in [0.05, 0.1) is 11.9 Å². The molecule has 0 aromatic carbocycles. The largest absolute Gasteiger partial charge is 0.756 e. The van der Waals surface area contributed by atoms with Crippen molar-refractivity contribution in [2.75, 3.05) is 18.5 Å². The fourth-order valence-electron chi connectivity index (χ4n) is 2.25. The minimum Gasteiger partial charge on any atom is -0.756 e. The molecule has 1 fully saturated rings. The van der Waals surface area contributed by atoms with Gasteiger partial charge in [0.25, 0.3) is 21.2 Å². The molecule has 0 radical (unpaired) electrons. The van der Waals surface area contributed by atoms with E-state index in [0.29, 0.717) is 0 Å². The molecule has 18 heteroatoms. The second kappa shape index (κ2) is 10.1. The van der Waals surface area contributed by atoms with E-state index in [1.807, 2.05) is 4.98 Å². The highest BCUT2D eigenvalue weighted by Crippen LogP contribution is 2.55. The number of Topliss-reactive ketones (excluding diaryl/α,β-unsaturated/α-hetero) is 1. The van der Waals surface area contributed by atoms with Crippen LogP contribution in [-0.4, -0.2) is 62.4 Å². The highest BCUT2D eigenvalue weighted by molar-refractivity contribution is 9.09. The first-order chi connectivity index (χ1) is 13.8. The highest BCUT2D eigenvalue weighted by atomic mass is 79.9. The lowest BCUT2D eigenvalue weighted by Crippen LogP contribution is -2.37. The van der Waals surface area contributed by atoms with E-state index in [4.69, 9.17) is 4.74 Å². The summed E-state index contributed by atoms with van der Waals surface area (Å²) in [5.41, 5.74) is -1.70. The lowest BCUT2D eigenvalue weighted by atomic mass is 10.1. The second-order valence-electron chi connectivity index (χ2n) is 5.78. The van der Waals surface area contributed by atoms with Crippen LogP contribution in [0.1, 0.15) is 6.23 Å². The number of aliphatic hydroxyl groups is 2. The van der Waals surface area contributed by atoms with E-state index in [9.17, 15) is 43.5 Å². The number of hydrogen-bond donors (Lipinski definition) is 3. The van der Waals surface area contributed by atoms with Crippen molar-refractivity contribution in [3.8, 4) is 0 Å². The average molecular weight is 537 g/mol. The molecule has 170 valence electrons. The molecule has 2 rings (SSSR count). The zero-order valence-corrected chi connectivity index (χ0v) is 18.1. The lowest BCUT2D eigenvalue weighted by molar-refractivity contribution is -0.245. The summed E-state index contributed by atoms with van der Waals surface area (Å²) in [6, 6.07) is 0.944. The molecule has 0 aliphatic carbocycles. The summed E-state index contributed by atoms with van der Waals surface area (Å²) in [7, 11) is -11.0. The Hall–Kier alpha value is -1.03. The predicted octanol–water partition coefficient (Wildman–Crippen LogP) is -2.89. The highest BCUT2D eigenvalue weighted by Gasteiger charge is 2.44. The number of phosphoric ester groups is 2. The monoisotopic (exact) mass is 536 g/mol. The number of carbonyl (C=O) groups is 1. The van der Waals surface area contributed by atoms with E-state index in [2.05, 4.69) is 29.3 Å². The van der Waals surface area contributed by atoms with Gasteiger partial charge in [-0.15, -0.1) is 0 Å². The van der Waals surface area contributed by atoms with Crippen molar-refractivity contribution in [2.45, 2.75) is 24.5 Å². The van der Waals surface area contributed by atoms with Crippen LogP contribution < -0.4 is 21.0 Å². The van der Waals surface area contributed by atoms with E-state index in [1.165, 1.54) is 0 Å². The summed E-state index contributed by atoms with van der Waals surface area (Å²) in [4.78, 5) is 58.9. The van der Waals surface area contributed by atoms with Crippen molar-refractivity contribution in [1.82, 2.24) is 9.55 Å². The number of aliphatic hydroxyl groups excluding tert-OH is 2. The van der Waals surface area contributed by atoms with Gasteiger partial charge in [0.1, 0.15) is 24.9 Å². The SMILES string of the molecule is O=C(CBr)COP(=O)([O-])OP(=O)([O-])OC[C@H]1O[C@@H](n2ccc(=O)[nH]c2=O)[C@H](O)[C@@H]1O. The van der Waals surface area contributed by atoms with Gasteiger partial charge in [0.2, 0.25) is 0 Å². The van der Waals surface area contributed by atoms with Crippen LogP contribution >= 0.6 is 31.6 Å². The third-order valence-electron chi connectivity index (χ3n) is 3.59. The van der Waals surface area contributed by atoms with Crippen LogP contribution in [0.3, 0.4) is 0 Å². The number of aromatic amines is 1. The molecule has 30 heavy (non-hydrogen) atoms. The number of H-pyrrole nitrogens is 1. The van der Waals surface area contributed by atoms with Crippen molar-refractivity contribution in [3.63, 3.8) is 0 Å². The Bertz CT molecular complexity index is 979. The minimum atomic E-state index is -5.55. The van der Waals surface area contributed by atoms with Crippen molar-refractivity contribution >= 4 is 37.4 Å². The standard InChI is InChI=1S/C12H17BrN2O13P2/c13-3-6(16)4-25-29(21,22)28-30(23,24)26-5-7-9(18)10(19)11(27-7)15-2-1-8(17)14-12(15)20/h1-2,7,9-11,18-19H,3-5H2,(H,21,22)(H,23,24)(H,14,17,20)/p-2/t7-,9-,10-,11-/m1/s1. The quantitative estimate of drug-likeness (QED) is 0.201. The fourth-order valence-corrected chi connectivity index (χ4v) is 4.40. The minimum absolute atomic E-state index is 0.239. The Labute approximate surface area is 175 Å². The molecule has 2 heterocycles. The van der Waals surface area contributed by atoms with Crippen molar-refractivity contribution in [2.24, 2.45) is 0 Å². The summed E-state index contributed by atoms with van der Waals surface area (Å²) in [5, 5.41) is 19.8. The molecule has 0 spiro atoms. The normalized spacial score (nSPS) is 28.0. The van der Waals surface area contributed by atoms with Crippen molar-refractivity contribution in [1.29, 1.82) is 0 Å². The third kappa shape index (κ3) is 6.73. The lowest BCUT2D eigenvalue weighted by Gasteiger charge is -2.31. The molecule has 1 saturated heterocycles. The molecule has 1 aliphatic rings. The molecule has 1 aromatic rings. The van der Waals surface area contributed by atoms with E-state index >= 15 is 0 Å². The van der Waals surface area contributed by atoms with Gasteiger partial charge in [-0.2, -0.15) is 0 Å². The number of nitrogens with zero attached hydrogens (tertiary/aromatic N) is 1. The number of ether oxygens (including phenoxy) is 1. The summed E-state index contributed by atoms with van der Waals surface area (Å²) in [5.74, 6) is -0.712. The molecular formula is C12H15BrN2O13P2-2. The molecule has 3 N–H and O–H groups in total. The number of ketones is 1. The molecule has 0 amide bonds. The summed E-state index contributed by atoms with van der Waals surface area (Å²) in [6.07, 6.45) is -5.53. The number of nitrogens with one attached hydrogen (secondary N) is 1. The number of phosphoric acid groups is 2. The number of aromatic nitrogens is 2. The molecular weight excluding hydrogens is 522 g/mol. The Balaban J connectivity index is 2.00. The summed E-state index contributed by atoms with van der Waals surface area (Å²) < 4.78 is 41.3. The Morgan fingerprint density at radius 1 is 1.23 bits per heavy atom. The van der Waals surface area contributed by atoms with Crippen LogP contribution in [0.2, 0.25) is 0 Å². The first-order valence-corrected chi connectivity index (χ1v) is 11.9. The van der Waals surface area contributed by atoms with Gasteiger partial charge in [0.15, 0.2) is 12.0 Å². The molecule has 1 aliphatic heterocycles. The van der Waals surface area contributed by atoms with Crippen molar-refractivity contribution < 1.29 is 52.0 Å². The first-order valence-electron chi connectivity index (χ1n) is 7.88. The first kappa shape index (κ1) is 25.2. The Kier molecular flexibility index (Phi) is 8.46. The topological polar surface area (TPSA) is 230 Å². The van der Waals surface area contributed by atoms with Gasteiger partial charge < -0.3 is 33.8 Å². The third-order valence-corrected chi connectivity index (χ3v) is 6.73. The number of carbonyl (C=O) groups excluding carboxylic acids is 1. The van der Waals surface area contributed by atoms with Gasteiger partial charge in [-0.05, 0) is 0 Å². The second-order valence-corrected chi connectivity index (χ2v) is 9.30. The summed E-state index contributed by atoms with van der Waals surface area (Å²) in [6.45, 7) is -1.98. The Morgan fingerprint density at radius 2 is 1.87 bits per heavy atom. The molecule has 15 nitrogen and oxygen atoms in total. The zero-order chi connectivity index (χ0) is 22.7. The number of halogens is 1. The predicted molar refractivity (Wildman–Crippen MR) is 94.2 cm³/mol. The Morgan fingerprint density at radius 3 is 2.47 bits per heavy atom. The fraction of sp³-hybridized carbons (Fsp3) is 0.583.